The number of rotatable bonds is 7. The summed E-state index contributed by atoms with van der Waals surface area (Å²) in [5.41, 5.74) is 16.1. The molecule has 0 bridgehead atoms. The predicted octanol–water partition coefficient (Wildman–Crippen LogP) is 16.8. The lowest BCUT2D eigenvalue weighted by Crippen LogP contribution is -2.09. The summed E-state index contributed by atoms with van der Waals surface area (Å²) in [6.07, 6.45) is 0. The van der Waals surface area contributed by atoms with Crippen molar-refractivity contribution >= 4 is 71.7 Å². The third-order valence-electron chi connectivity index (χ3n) is 12.1. The average Bonchev–Trinajstić information content (AvgIpc) is 3.90. The molecule has 0 atom stereocenters. The van der Waals surface area contributed by atoms with Gasteiger partial charge in [-0.15, -0.1) is 0 Å². The largest absolute Gasteiger partial charge is 0.456 e. The van der Waals surface area contributed by atoms with Gasteiger partial charge in [-0.2, -0.15) is 0 Å². The molecule has 286 valence electrons. The Morgan fingerprint density at radius 1 is 0.230 bits per heavy atom. The van der Waals surface area contributed by atoms with Crippen LogP contribution in [0.3, 0.4) is 0 Å². The summed E-state index contributed by atoms with van der Waals surface area (Å²) in [4.78, 5) is 2.33. The molecule has 0 spiro atoms. The Labute approximate surface area is 353 Å². The third kappa shape index (κ3) is 6.23. The van der Waals surface area contributed by atoms with E-state index in [1.165, 1.54) is 33.0 Å². The molecule has 3 heteroatoms. The van der Waals surface area contributed by atoms with Crippen LogP contribution in [0.15, 0.2) is 233 Å². The molecule has 2 heterocycles. The minimum atomic E-state index is 0.896. The molecule has 2 aromatic heterocycles. The zero-order chi connectivity index (χ0) is 40.3. The molecule has 10 aromatic carbocycles. The van der Waals surface area contributed by atoms with Crippen molar-refractivity contribution in [2.75, 3.05) is 4.90 Å². The number of furan rings is 2. The van der Waals surface area contributed by atoms with E-state index < -0.39 is 0 Å². The lowest BCUT2D eigenvalue weighted by molar-refractivity contribution is 0.668. The first kappa shape index (κ1) is 34.9. The summed E-state index contributed by atoms with van der Waals surface area (Å²) in [5, 5.41) is 7.03. The Bertz CT molecular complexity index is 3580. The quantitative estimate of drug-likeness (QED) is 0.161. The van der Waals surface area contributed by atoms with E-state index in [0.717, 1.165) is 83.2 Å². The summed E-state index contributed by atoms with van der Waals surface area (Å²) in [5.74, 6) is 0. The lowest BCUT2D eigenvalue weighted by atomic mass is 9.97. The molecule has 0 N–H and O–H groups in total. The highest BCUT2D eigenvalue weighted by Crippen LogP contribution is 2.40. The van der Waals surface area contributed by atoms with E-state index in [4.69, 9.17) is 8.83 Å². The molecule has 12 aromatic rings. The number of anilines is 3. The minimum Gasteiger partial charge on any atom is -0.456 e. The maximum atomic E-state index is 6.24. The highest BCUT2D eigenvalue weighted by molar-refractivity contribution is 6.07. The van der Waals surface area contributed by atoms with E-state index in [-0.39, 0.29) is 0 Å². The van der Waals surface area contributed by atoms with Crippen LogP contribution >= 0.6 is 0 Å². The molecule has 12 rings (SSSR count). The van der Waals surface area contributed by atoms with Crippen molar-refractivity contribution in [1.29, 1.82) is 0 Å². The van der Waals surface area contributed by atoms with Crippen LogP contribution in [-0.2, 0) is 0 Å². The van der Waals surface area contributed by atoms with Crippen LogP contribution in [0.25, 0.3) is 99.2 Å². The summed E-state index contributed by atoms with van der Waals surface area (Å²) in [6, 6.07) is 80.1. The summed E-state index contributed by atoms with van der Waals surface area (Å²) < 4.78 is 12.4. The van der Waals surface area contributed by atoms with E-state index in [2.05, 4.69) is 205 Å². The Hall–Kier alpha value is -8.14. The van der Waals surface area contributed by atoms with Gasteiger partial charge in [-0.05, 0) is 140 Å². The minimum absolute atomic E-state index is 0.896. The van der Waals surface area contributed by atoms with Gasteiger partial charge in [-0.1, -0.05) is 140 Å². The Morgan fingerprint density at radius 3 is 1.31 bits per heavy atom. The molecule has 0 aliphatic heterocycles. The van der Waals surface area contributed by atoms with E-state index >= 15 is 0 Å². The van der Waals surface area contributed by atoms with Crippen molar-refractivity contribution in [1.82, 2.24) is 0 Å². The maximum Gasteiger partial charge on any atom is 0.136 e. The van der Waals surface area contributed by atoms with Crippen molar-refractivity contribution in [2.24, 2.45) is 0 Å². The van der Waals surface area contributed by atoms with Crippen LogP contribution in [0.5, 0.6) is 0 Å². The molecular formula is C58H37NO2. The number of hydrogen-bond donors (Lipinski definition) is 0. The normalized spacial score (nSPS) is 11.6. The number of hydrogen-bond acceptors (Lipinski definition) is 3. The maximum absolute atomic E-state index is 6.24. The first-order valence-corrected chi connectivity index (χ1v) is 20.7. The number of para-hydroxylation sites is 2. The van der Waals surface area contributed by atoms with E-state index in [1.807, 2.05) is 24.3 Å². The molecule has 3 nitrogen and oxygen atoms in total. The fourth-order valence-electron chi connectivity index (χ4n) is 8.91. The van der Waals surface area contributed by atoms with Crippen molar-refractivity contribution in [3.8, 4) is 44.5 Å². The fourth-order valence-corrected chi connectivity index (χ4v) is 8.91. The first-order chi connectivity index (χ1) is 30.2. The number of benzene rings is 10. The topological polar surface area (TPSA) is 29.5 Å². The molecule has 0 amide bonds. The van der Waals surface area contributed by atoms with Gasteiger partial charge in [-0.3, -0.25) is 0 Å². The van der Waals surface area contributed by atoms with Gasteiger partial charge < -0.3 is 13.7 Å². The molecule has 0 saturated heterocycles. The molecule has 0 aliphatic carbocycles. The van der Waals surface area contributed by atoms with Gasteiger partial charge in [0.15, 0.2) is 0 Å². The van der Waals surface area contributed by atoms with Crippen LogP contribution in [0, 0.1) is 0 Å². The van der Waals surface area contributed by atoms with E-state index in [9.17, 15) is 0 Å². The van der Waals surface area contributed by atoms with Crippen LogP contribution in [0.1, 0.15) is 0 Å². The summed E-state index contributed by atoms with van der Waals surface area (Å²) >= 11 is 0. The van der Waals surface area contributed by atoms with Crippen molar-refractivity contribution in [3.63, 3.8) is 0 Å². The zero-order valence-electron chi connectivity index (χ0n) is 33.1. The van der Waals surface area contributed by atoms with Crippen LogP contribution in [-0.4, -0.2) is 0 Å². The van der Waals surface area contributed by atoms with E-state index in [0.29, 0.717) is 0 Å². The van der Waals surface area contributed by atoms with Gasteiger partial charge in [-0.25, -0.2) is 0 Å². The monoisotopic (exact) mass is 779 g/mol. The number of nitrogens with zero attached hydrogens (tertiary/aromatic N) is 1. The molecule has 0 unspecified atom stereocenters. The summed E-state index contributed by atoms with van der Waals surface area (Å²) in [6.45, 7) is 0. The molecular weight excluding hydrogens is 743 g/mol. The average molecular weight is 780 g/mol. The second-order valence-corrected chi connectivity index (χ2v) is 15.7. The number of fused-ring (bicyclic) bond motifs is 7. The third-order valence-corrected chi connectivity index (χ3v) is 12.1. The van der Waals surface area contributed by atoms with Crippen molar-refractivity contribution < 1.29 is 8.83 Å². The zero-order valence-corrected chi connectivity index (χ0v) is 33.1. The second kappa shape index (κ2) is 14.3. The smallest absolute Gasteiger partial charge is 0.136 e. The molecule has 0 fully saturated rings. The SMILES string of the molecule is c1cc(-c2ccc(N(c3ccc(-c4ccc5c(c4)oc4ccccc45)cc3)c3ccc(-c4ccc5oc6ccccc6c5c4)cc3)cc2)cc(-c2ccc3ccccc3c2)c1. The molecule has 0 saturated carbocycles. The van der Waals surface area contributed by atoms with Crippen LogP contribution in [0.2, 0.25) is 0 Å². The second-order valence-electron chi connectivity index (χ2n) is 15.7. The van der Waals surface area contributed by atoms with Crippen molar-refractivity contribution in [3.05, 3.63) is 224 Å². The fraction of sp³-hybridized carbons (Fsp3) is 0. The molecule has 0 radical (unpaired) electrons. The Kier molecular flexibility index (Phi) is 8.17. The van der Waals surface area contributed by atoms with E-state index in [1.54, 1.807) is 0 Å². The standard InChI is InChI=1S/C58H37NO2/c1-2-9-42-35-45(17-16-38(42)8-1)44-11-7-10-43(34-44)39-18-26-48(27-19-39)59(49-28-20-40(21-29-49)46-25-33-57-54(36-46)52-13-4-6-15-56(52)60-57)50-30-22-41(23-31-50)47-24-32-53-51-12-3-5-14-55(51)61-58(53)37-47/h1-37H. The lowest BCUT2D eigenvalue weighted by Gasteiger charge is -2.26. The highest BCUT2D eigenvalue weighted by atomic mass is 16.3. The van der Waals surface area contributed by atoms with Gasteiger partial charge >= 0.3 is 0 Å². The highest BCUT2D eigenvalue weighted by Gasteiger charge is 2.16. The van der Waals surface area contributed by atoms with Gasteiger partial charge in [0.25, 0.3) is 0 Å². The van der Waals surface area contributed by atoms with Crippen LogP contribution < -0.4 is 4.90 Å². The predicted molar refractivity (Wildman–Crippen MR) is 255 cm³/mol. The summed E-state index contributed by atoms with van der Waals surface area (Å²) in [7, 11) is 0. The Morgan fingerprint density at radius 2 is 0.656 bits per heavy atom. The Balaban J connectivity index is 0.900. The first-order valence-electron chi connectivity index (χ1n) is 20.7. The van der Waals surface area contributed by atoms with Gasteiger partial charge in [0, 0.05) is 38.6 Å². The molecule has 0 aliphatic rings. The molecule has 61 heavy (non-hydrogen) atoms. The van der Waals surface area contributed by atoms with Crippen LogP contribution in [0.4, 0.5) is 17.1 Å². The van der Waals surface area contributed by atoms with Gasteiger partial charge in [0.1, 0.15) is 22.3 Å². The van der Waals surface area contributed by atoms with Crippen molar-refractivity contribution in [2.45, 2.75) is 0 Å². The van der Waals surface area contributed by atoms with Gasteiger partial charge in [0.2, 0.25) is 0 Å². The van der Waals surface area contributed by atoms with Gasteiger partial charge in [0.05, 0.1) is 0 Å².